The number of nitrogens with zero attached hydrogens (tertiary/aromatic N) is 2. The SMILES string of the molecule is COC(=O)c1ncc2c(I)c[nH]c2n1. The maximum Gasteiger partial charge on any atom is 0.376 e. The Hall–Kier alpha value is -1.18. The van der Waals surface area contributed by atoms with Crippen LogP contribution in [0.25, 0.3) is 11.0 Å². The summed E-state index contributed by atoms with van der Waals surface area (Å²) in [5.41, 5.74) is 0.643. The van der Waals surface area contributed by atoms with Crippen molar-refractivity contribution in [2.24, 2.45) is 0 Å². The molecule has 0 aliphatic heterocycles. The van der Waals surface area contributed by atoms with E-state index in [2.05, 4.69) is 42.3 Å². The number of halogens is 1. The van der Waals surface area contributed by atoms with Gasteiger partial charge in [0.15, 0.2) is 0 Å². The van der Waals surface area contributed by atoms with Crippen molar-refractivity contribution in [3.63, 3.8) is 0 Å². The van der Waals surface area contributed by atoms with Crippen molar-refractivity contribution < 1.29 is 9.53 Å². The molecule has 0 radical (unpaired) electrons. The number of ether oxygens (including phenoxy) is 1. The van der Waals surface area contributed by atoms with Crippen molar-refractivity contribution in [2.75, 3.05) is 7.11 Å². The molecule has 72 valence electrons. The van der Waals surface area contributed by atoms with E-state index in [0.717, 1.165) is 8.96 Å². The Morgan fingerprint density at radius 3 is 3.14 bits per heavy atom. The highest BCUT2D eigenvalue weighted by molar-refractivity contribution is 14.1. The summed E-state index contributed by atoms with van der Waals surface area (Å²) < 4.78 is 5.53. The Kier molecular flexibility index (Phi) is 2.36. The van der Waals surface area contributed by atoms with E-state index in [1.54, 1.807) is 12.4 Å². The quantitative estimate of drug-likeness (QED) is 0.638. The van der Waals surface area contributed by atoms with Crippen molar-refractivity contribution in [1.29, 1.82) is 0 Å². The first-order valence-corrected chi connectivity index (χ1v) is 4.88. The molecular formula is C8H6IN3O2. The van der Waals surface area contributed by atoms with Gasteiger partial charge in [-0.3, -0.25) is 0 Å². The molecule has 1 N–H and O–H groups in total. The second-order valence-corrected chi connectivity index (χ2v) is 3.75. The van der Waals surface area contributed by atoms with Crippen LogP contribution in [0.1, 0.15) is 10.6 Å². The van der Waals surface area contributed by atoms with Crippen molar-refractivity contribution in [3.05, 3.63) is 21.8 Å². The second-order valence-electron chi connectivity index (χ2n) is 2.58. The number of hydrogen-bond acceptors (Lipinski definition) is 4. The van der Waals surface area contributed by atoms with Crippen LogP contribution in [-0.2, 0) is 4.74 Å². The molecule has 0 aliphatic carbocycles. The summed E-state index contributed by atoms with van der Waals surface area (Å²) in [6, 6.07) is 0. The highest BCUT2D eigenvalue weighted by Crippen LogP contribution is 2.17. The third-order valence-electron chi connectivity index (χ3n) is 1.75. The molecule has 6 heteroatoms. The van der Waals surface area contributed by atoms with E-state index in [9.17, 15) is 4.79 Å². The number of carbonyl (C=O) groups is 1. The molecule has 2 aromatic heterocycles. The van der Waals surface area contributed by atoms with Gasteiger partial charge in [-0.25, -0.2) is 14.8 Å². The van der Waals surface area contributed by atoms with Gasteiger partial charge < -0.3 is 9.72 Å². The summed E-state index contributed by atoms with van der Waals surface area (Å²) in [5, 5.41) is 0.901. The fraction of sp³-hybridized carbons (Fsp3) is 0.125. The minimum atomic E-state index is -0.531. The van der Waals surface area contributed by atoms with Crippen LogP contribution in [-0.4, -0.2) is 28.0 Å². The lowest BCUT2D eigenvalue weighted by atomic mass is 10.4. The summed E-state index contributed by atoms with van der Waals surface area (Å²) in [6.07, 6.45) is 3.41. The molecule has 0 saturated heterocycles. The van der Waals surface area contributed by atoms with Gasteiger partial charge in [0.2, 0.25) is 5.82 Å². The molecule has 0 amide bonds. The van der Waals surface area contributed by atoms with Gasteiger partial charge >= 0.3 is 5.97 Å². The van der Waals surface area contributed by atoms with Gasteiger partial charge in [0.1, 0.15) is 5.65 Å². The molecule has 2 rings (SSSR count). The van der Waals surface area contributed by atoms with E-state index in [1.165, 1.54) is 7.11 Å². The Labute approximate surface area is 93.0 Å². The van der Waals surface area contributed by atoms with Crippen LogP contribution >= 0.6 is 22.6 Å². The van der Waals surface area contributed by atoms with Crippen LogP contribution in [0, 0.1) is 3.57 Å². The predicted octanol–water partition coefficient (Wildman–Crippen LogP) is 1.35. The largest absolute Gasteiger partial charge is 0.463 e. The fourth-order valence-corrected chi connectivity index (χ4v) is 1.62. The van der Waals surface area contributed by atoms with E-state index < -0.39 is 5.97 Å². The zero-order valence-electron chi connectivity index (χ0n) is 7.24. The molecule has 0 unspecified atom stereocenters. The van der Waals surface area contributed by atoms with Crippen molar-refractivity contribution >= 4 is 39.6 Å². The van der Waals surface area contributed by atoms with E-state index in [0.29, 0.717) is 5.65 Å². The minimum absolute atomic E-state index is 0.0678. The molecule has 0 aliphatic rings. The molecule has 2 aromatic rings. The number of aromatic amines is 1. The maximum atomic E-state index is 11.1. The fourth-order valence-electron chi connectivity index (χ4n) is 1.07. The van der Waals surface area contributed by atoms with Gasteiger partial charge in [-0.05, 0) is 22.6 Å². The molecule has 0 atom stereocenters. The highest BCUT2D eigenvalue weighted by atomic mass is 127. The van der Waals surface area contributed by atoms with Crippen LogP contribution < -0.4 is 0 Å². The molecule has 0 saturated carbocycles. The van der Waals surface area contributed by atoms with Gasteiger partial charge in [-0.1, -0.05) is 0 Å². The molecule has 14 heavy (non-hydrogen) atoms. The average molecular weight is 303 g/mol. The maximum absolute atomic E-state index is 11.1. The Morgan fingerprint density at radius 2 is 2.43 bits per heavy atom. The topological polar surface area (TPSA) is 67.9 Å². The number of hydrogen-bond donors (Lipinski definition) is 1. The molecule has 0 spiro atoms. The molecule has 0 aromatic carbocycles. The van der Waals surface area contributed by atoms with E-state index in [1.807, 2.05) is 0 Å². The third-order valence-corrected chi connectivity index (χ3v) is 2.64. The van der Waals surface area contributed by atoms with Crippen LogP contribution in [0.15, 0.2) is 12.4 Å². The Bertz CT molecular complexity index is 494. The van der Waals surface area contributed by atoms with Gasteiger partial charge in [-0.2, -0.15) is 0 Å². The van der Waals surface area contributed by atoms with E-state index in [4.69, 9.17) is 0 Å². The smallest absolute Gasteiger partial charge is 0.376 e. The second kappa shape index (κ2) is 3.52. The number of esters is 1. The van der Waals surface area contributed by atoms with Crippen LogP contribution in [0.2, 0.25) is 0 Å². The van der Waals surface area contributed by atoms with E-state index >= 15 is 0 Å². The predicted molar refractivity (Wildman–Crippen MR) is 57.9 cm³/mol. The molecular weight excluding hydrogens is 297 g/mol. The van der Waals surface area contributed by atoms with Crippen molar-refractivity contribution in [3.8, 4) is 0 Å². The van der Waals surface area contributed by atoms with Crippen LogP contribution in [0.5, 0.6) is 0 Å². The van der Waals surface area contributed by atoms with Gasteiger partial charge in [-0.15, -0.1) is 0 Å². The number of methoxy groups -OCH3 is 1. The summed E-state index contributed by atoms with van der Waals surface area (Å²) >= 11 is 2.16. The third kappa shape index (κ3) is 1.45. The molecule has 5 nitrogen and oxygen atoms in total. The lowest BCUT2D eigenvalue weighted by Gasteiger charge is -1.96. The Balaban J connectivity index is 2.57. The first-order valence-electron chi connectivity index (χ1n) is 3.80. The summed E-state index contributed by atoms with van der Waals surface area (Å²) in [6.45, 7) is 0. The van der Waals surface area contributed by atoms with Gasteiger partial charge in [0, 0.05) is 16.0 Å². The first-order chi connectivity index (χ1) is 6.72. The standard InChI is InChI=1S/C8H6IN3O2/c1-14-8(13)7-10-2-4-5(9)3-11-6(4)12-7/h2-3H,1H3,(H,10,11,12). The average Bonchev–Trinajstić information content (AvgIpc) is 2.59. The zero-order chi connectivity index (χ0) is 10.1. The highest BCUT2D eigenvalue weighted by Gasteiger charge is 2.11. The summed E-state index contributed by atoms with van der Waals surface area (Å²) in [5.74, 6) is -0.463. The first kappa shape index (κ1) is 9.38. The number of H-pyrrole nitrogens is 1. The van der Waals surface area contributed by atoms with Crippen LogP contribution in [0.4, 0.5) is 0 Å². The van der Waals surface area contributed by atoms with Gasteiger partial charge in [0.05, 0.1) is 12.5 Å². The molecule has 0 bridgehead atoms. The van der Waals surface area contributed by atoms with Gasteiger partial charge in [0.25, 0.3) is 0 Å². The number of nitrogens with one attached hydrogen (secondary N) is 1. The lowest BCUT2D eigenvalue weighted by Crippen LogP contribution is -2.06. The monoisotopic (exact) mass is 303 g/mol. The lowest BCUT2D eigenvalue weighted by molar-refractivity contribution is 0.0587. The number of fused-ring (bicyclic) bond motifs is 1. The Morgan fingerprint density at radius 1 is 1.64 bits per heavy atom. The van der Waals surface area contributed by atoms with Crippen molar-refractivity contribution in [2.45, 2.75) is 0 Å². The van der Waals surface area contributed by atoms with Crippen LogP contribution in [0.3, 0.4) is 0 Å². The zero-order valence-corrected chi connectivity index (χ0v) is 9.40. The number of carbonyl (C=O) groups excluding carboxylic acids is 1. The summed E-state index contributed by atoms with van der Waals surface area (Å²) in [7, 11) is 1.30. The minimum Gasteiger partial charge on any atom is -0.463 e. The van der Waals surface area contributed by atoms with E-state index in [-0.39, 0.29) is 5.82 Å². The summed E-state index contributed by atoms with van der Waals surface area (Å²) in [4.78, 5) is 22.0. The molecule has 2 heterocycles. The van der Waals surface area contributed by atoms with Crippen molar-refractivity contribution in [1.82, 2.24) is 15.0 Å². The molecule has 0 fully saturated rings. The normalized spacial score (nSPS) is 10.4. The number of rotatable bonds is 1. The number of aromatic nitrogens is 3.